The number of guanidine groups is 1. The van der Waals surface area contributed by atoms with Gasteiger partial charge in [0.2, 0.25) is 5.91 Å². The lowest BCUT2D eigenvalue weighted by Gasteiger charge is -2.27. The molecule has 1 aromatic heterocycles. The first-order valence-electron chi connectivity index (χ1n) is 9.46. The highest BCUT2D eigenvalue weighted by Crippen LogP contribution is 2.19. The molecule has 1 amide bonds. The summed E-state index contributed by atoms with van der Waals surface area (Å²) in [6.07, 6.45) is 6.42. The molecular weight excluding hydrogens is 326 g/mol. The van der Waals surface area contributed by atoms with E-state index in [1.807, 2.05) is 4.90 Å². The summed E-state index contributed by atoms with van der Waals surface area (Å²) in [5.41, 5.74) is 3.72. The molecule has 0 atom stereocenters. The van der Waals surface area contributed by atoms with Crippen LogP contribution in [-0.4, -0.2) is 55.0 Å². The minimum absolute atomic E-state index is 0.152. The van der Waals surface area contributed by atoms with Gasteiger partial charge in [-0.25, -0.2) is 0 Å². The van der Waals surface area contributed by atoms with Crippen molar-refractivity contribution in [3.05, 3.63) is 35.5 Å². The molecule has 0 radical (unpaired) electrons. The van der Waals surface area contributed by atoms with Crippen LogP contribution in [0.15, 0.2) is 29.4 Å². The van der Waals surface area contributed by atoms with E-state index in [0.29, 0.717) is 12.5 Å². The molecule has 2 heterocycles. The summed E-state index contributed by atoms with van der Waals surface area (Å²) < 4.78 is 0. The largest absolute Gasteiger partial charge is 0.361 e. The van der Waals surface area contributed by atoms with E-state index in [9.17, 15) is 4.79 Å². The van der Waals surface area contributed by atoms with Gasteiger partial charge in [0.05, 0.1) is 6.54 Å². The van der Waals surface area contributed by atoms with Crippen molar-refractivity contribution in [1.82, 2.24) is 20.5 Å². The van der Waals surface area contributed by atoms with Crippen molar-refractivity contribution < 1.29 is 4.79 Å². The van der Waals surface area contributed by atoms with E-state index in [0.717, 1.165) is 38.9 Å². The summed E-state index contributed by atoms with van der Waals surface area (Å²) in [6.45, 7) is 4.92. The highest BCUT2D eigenvalue weighted by atomic mass is 16.2. The number of benzene rings is 1. The highest BCUT2D eigenvalue weighted by molar-refractivity contribution is 5.87. The minimum atomic E-state index is 0.152. The molecule has 0 bridgehead atoms. The standard InChI is InChI=1S/C20H29N5O/c1-15-6-7-17-16(13-23-18(17)12-15)8-9-22-20(21-2)24-14-19(26)25-10-4-3-5-11-25/h6-7,12-13,23H,3-5,8-11,14H2,1-2H3,(H2,21,22,24). The Labute approximate surface area is 155 Å². The number of likely N-dealkylation sites (tertiary alicyclic amines) is 1. The lowest BCUT2D eigenvalue weighted by molar-refractivity contribution is -0.130. The molecule has 26 heavy (non-hydrogen) atoms. The van der Waals surface area contributed by atoms with Gasteiger partial charge in [0, 0.05) is 43.8 Å². The maximum Gasteiger partial charge on any atom is 0.241 e. The van der Waals surface area contributed by atoms with Gasteiger partial charge in [-0.3, -0.25) is 9.79 Å². The third kappa shape index (κ3) is 4.56. The van der Waals surface area contributed by atoms with Gasteiger partial charge in [-0.15, -0.1) is 0 Å². The topological polar surface area (TPSA) is 72.5 Å². The fourth-order valence-electron chi connectivity index (χ4n) is 3.46. The molecule has 1 aromatic carbocycles. The Morgan fingerprint density at radius 2 is 2.04 bits per heavy atom. The maximum atomic E-state index is 12.2. The second kappa shape index (κ2) is 8.74. The van der Waals surface area contributed by atoms with Gasteiger partial charge in [0.15, 0.2) is 5.96 Å². The normalized spacial score (nSPS) is 15.3. The fraction of sp³-hybridized carbons (Fsp3) is 0.500. The first kappa shape index (κ1) is 18.3. The molecule has 6 nitrogen and oxygen atoms in total. The SMILES string of the molecule is CN=C(NCCc1c[nH]c2cc(C)ccc12)NCC(=O)N1CCCCC1. The molecule has 0 aliphatic carbocycles. The second-order valence-corrected chi connectivity index (χ2v) is 6.91. The fourth-order valence-corrected chi connectivity index (χ4v) is 3.46. The number of amides is 1. The number of fused-ring (bicyclic) bond motifs is 1. The summed E-state index contributed by atoms with van der Waals surface area (Å²) in [5.74, 6) is 0.825. The van der Waals surface area contributed by atoms with Crippen LogP contribution >= 0.6 is 0 Å². The Hall–Kier alpha value is -2.50. The number of hydrogen-bond donors (Lipinski definition) is 3. The molecule has 1 fully saturated rings. The molecule has 140 valence electrons. The van der Waals surface area contributed by atoms with Crippen molar-refractivity contribution >= 4 is 22.8 Å². The first-order valence-corrected chi connectivity index (χ1v) is 9.46. The Morgan fingerprint density at radius 1 is 1.23 bits per heavy atom. The number of carbonyl (C=O) groups excluding carboxylic acids is 1. The molecule has 1 saturated heterocycles. The van der Waals surface area contributed by atoms with Crippen LogP contribution in [0.2, 0.25) is 0 Å². The van der Waals surface area contributed by atoms with E-state index >= 15 is 0 Å². The van der Waals surface area contributed by atoms with Crippen LogP contribution in [0.3, 0.4) is 0 Å². The zero-order chi connectivity index (χ0) is 18.4. The Bertz CT molecular complexity index is 774. The van der Waals surface area contributed by atoms with E-state index in [1.54, 1.807) is 7.05 Å². The summed E-state index contributed by atoms with van der Waals surface area (Å²) in [7, 11) is 1.73. The number of H-pyrrole nitrogens is 1. The molecule has 3 rings (SSSR count). The van der Waals surface area contributed by atoms with Gasteiger partial charge in [0.25, 0.3) is 0 Å². The number of aromatic nitrogens is 1. The van der Waals surface area contributed by atoms with Crippen molar-refractivity contribution in [3.63, 3.8) is 0 Å². The Balaban J connectivity index is 1.45. The third-order valence-electron chi connectivity index (χ3n) is 4.95. The van der Waals surface area contributed by atoms with Crippen LogP contribution in [0.1, 0.15) is 30.4 Å². The van der Waals surface area contributed by atoms with Crippen LogP contribution < -0.4 is 10.6 Å². The van der Waals surface area contributed by atoms with Crippen LogP contribution in [-0.2, 0) is 11.2 Å². The van der Waals surface area contributed by atoms with Gasteiger partial charge < -0.3 is 20.5 Å². The number of aromatic amines is 1. The molecule has 0 unspecified atom stereocenters. The highest BCUT2D eigenvalue weighted by Gasteiger charge is 2.16. The molecule has 0 saturated carbocycles. The van der Waals surface area contributed by atoms with Crippen molar-refractivity contribution in [2.45, 2.75) is 32.6 Å². The zero-order valence-electron chi connectivity index (χ0n) is 15.8. The predicted molar refractivity (Wildman–Crippen MR) is 107 cm³/mol. The number of hydrogen-bond acceptors (Lipinski definition) is 2. The average molecular weight is 355 g/mol. The van der Waals surface area contributed by atoms with E-state index in [2.05, 4.69) is 51.9 Å². The van der Waals surface area contributed by atoms with Crippen LogP contribution in [0, 0.1) is 6.92 Å². The van der Waals surface area contributed by atoms with E-state index in [-0.39, 0.29) is 5.91 Å². The minimum Gasteiger partial charge on any atom is -0.361 e. The van der Waals surface area contributed by atoms with Crippen LogP contribution in [0.4, 0.5) is 0 Å². The zero-order valence-corrected chi connectivity index (χ0v) is 15.8. The van der Waals surface area contributed by atoms with Gasteiger partial charge in [-0.2, -0.15) is 0 Å². The monoisotopic (exact) mass is 355 g/mol. The predicted octanol–water partition coefficient (Wildman–Crippen LogP) is 2.20. The van der Waals surface area contributed by atoms with Gasteiger partial charge in [-0.1, -0.05) is 12.1 Å². The second-order valence-electron chi connectivity index (χ2n) is 6.91. The number of nitrogens with zero attached hydrogens (tertiary/aromatic N) is 2. The summed E-state index contributed by atoms with van der Waals surface area (Å²) in [5, 5.41) is 7.69. The van der Waals surface area contributed by atoms with Gasteiger partial charge in [0.1, 0.15) is 0 Å². The smallest absolute Gasteiger partial charge is 0.241 e. The van der Waals surface area contributed by atoms with Crippen molar-refractivity contribution in [1.29, 1.82) is 0 Å². The summed E-state index contributed by atoms with van der Waals surface area (Å²) in [6, 6.07) is 6.47. The number of rotatable bonds is 5. The lowest BCUT2D eigenvalue weighted by atomic mass is 10.1. The quantitative estimate of drug-likeness (QED) is 0.569. The van der Waals surface area contributed by atoms with Gasteiger partial charge >= 0.3 is 0 Å². The number of carbonyl (C=O) groups is 1. The van der Waals surface area contributed by atoms with Crippen LogP contribution in [0.5, 0.6) is 0 Å². The number of piperidine rings is 1. The molecular formula is C20H29N5O. The summed E-state index contributed by atoms with van der Waals surface area (Å²) >= 11 is 0. The number of aliphatic imine (C=N–C) groups is 1. The molecule has 6 heteroatoms. The van der Waals surface area contributed by atoms with Crippen molar-refractivity contribution in [3.8, 4) is 0 Å². The number of nitrogens with one attached hydrogen (secondary N) is 3. The molecule has 2 aromatic rings. The van der Waals surface area contributed by atoms with Gasteiger partial charge in [-0.05, 0) is 49.8 Å². The number of aryl methyl sites for hydroxylation is 1. The average Bonchev–Trinajstić information content (AvgIpc) is 3.07. The molecule has 1 aliphatic rings. The molecule has 1 aliphatic heterocycles. The van der Waals surface area contributed by atoms with E-state index in [1.165, 1.54) is 28.5 Å². The van der Waals surface area contributed by atoms with Crippen LogP contribution in [0.25, 0.3) is 10.9 Å². The van der Waals surface area contributed by atoms with E-state index in [4.69, 9.17) is 0 Å². The van der Waals surface area contributed by atoms with E-state index < -0.39 is 0 Å². The maximum absolute atomic E-state index is 12.2. The Kier molecular flexibility index (Phi) is 6.15. The molecule has 3 N–H and O–H groups in total. The Morgan fingerprint density at radius 3 is 2.81 bits per heavy atom. The summed E-state index contributed by atoms with van der Waals surface area (Å²) in [4.78, 5) is 21.7. The van der Waals surface area contributed by atoms with Crippen molar-refractivity contribution in [2.75, 3.05) is 33.2 Å². The third-order valence-corrected chi connectivity index (χ3v) is 4.95. The lowest BCUT2D eigenvalue weighted by Crippen LogP contribution is -2.46. The first-order chi connectivity index (χ1) is 12.7. The molecule has 0 spiro atoms. The van der Waals surface area contributed by atoms with Crippen molar-refractivity contribution in [2.24, 2.45) is 4.99 Å².